The molecular weight excluding hydrogens is 539 g/mol. The Bertz CT molecular complexity index is 1350. The summed E-state index contributed by atoms with van der Waals surface area (Å²) in [5.41, 5.74) is 1.37. The number of aromatic nitrogens is 2. The predicted octanol–water partition coefficient (Wildman–Crippen LogP) is 7.62. The third-order valence-electron chi connectivity index (χ3n) is 4.51. The first-order valence-electron chi connectivity index (χ1n) is 9.41. The molecule has 0 aliphatic heterocycles. The lowest BCUT2D eigenvalue weighted by molar-refractivity contribution is -0.137. The van der Waals surface area contributed by atoms with E-state index in [4.69, 9.17) is 23.8 Å². The maximum Gasteiger partial charge on any atom is 0.417 e. The van der Waals surface area contributed by atoms with Crippen molar-refractivity contribution in [3.8, 4) is 0 Å². The fourth-order valence-corrected chi connectivity index (χ4v) is 3.91. The van der Waals surface area contributed by atoms with E-state index in [1.54, 1.807) is 18.2 Å². The van der Waals surface area contributed by atoms with E-state index < -0.39 is 11.7 Å². The summed E-state index contributed by atoms with van der Waals surface area (Å²) in [7, 11) is 0. The highest BCUT2D eigenvalue weighted by molar-refractivity contribution is 9.10. The first-order chi connectivity index (χ1) is 15.7. The molecule has 168 valence electrons. The Morgan fingerprint density at radius 2 is 1.64 bits per heavy atom. The van der Waals surface area contributed by atoms with Gasteiger partial charge in [0.1, 0.15) is 12.1 Å². The van der Waals surface area contributed by atoms with Gasteiger partial charge in [-0.3, -0.25) is 0 Å². The highest BCUT2D eigenvalue weighted by Crippen LogP contribution is 2.36. The number of alkyl halides is 3. The molecule has 0 saturated carbocycles. The molecule has 1 aromatic heterocycles. The first kappa shape index (κ1) is 23.2. The van der Waals surface area contributed by atoms with E-state index in [2.05, 4.69) is 41.8 Å². The smallest absolute Gasteiger partial charge is 0.340 e. The predicted molar refractivity (Wildman–Crippen MR) is 133 cm³/mol. The van der Waals surface area contributed by atoms with Gasteiger partial charge in [-0.1, -0.05) is 33.6 Å². The average molecular weight is 553 g/mol. The molecule has 3 N–H and O–H groups in total. The van der Waals surface area contributed by atoms with Crippen LogP contribution in [0.1, 0.15) is 5.56 Å². The van der Waals surface area contributed by atoms with Crippen LogP contribution in [0.4, 0.5) is 36.1 Å². The second-order valence-corrected chi connectivity index (χ2v) is 8.59. The average Bonchev–Trinajstić information content (AvgIpc) is 2.75. The van der Waals surface area contributed by atoms with E-state index in [9.17, 15) is 13.2 Å². The maximum absolute atomic E-state index is 13.1. The lowest BCUT2D eigenvalue weighted by Crippen LogP contribution is -2.19. The molecule has 0 bridgehead atoms. The lowest BCUT2D eigenvalue weighted by Gasteiger charge is -2.14. The van der Waals surface area contributed by atoms with Crippen molar-refractivity contribution in [3.63, 3.8) is 0 Å². The molecule has 4 rings (SSSR count). The van der Waals surface area contributed by atoms with Gasteiger partial charge in [0.15, 0.2) is 5.11 Å². The van der Waals surface area contributed by atoms with Crippen LogP contribution in [0, 0.1) is 0 Å². The van der Waals surface area contributed by atoms with Crippen LogP contribution in [0.15, 0.2) is 71.5 Å². The van der Waals surface area contributed by atoms with E-state index >= 15 is 0 Å². The lowest BCUT2D eigenvalue weighted by atomic mass is 10.2. The Balaban J connectivity index is 1.55. The molecule has 0 spiro atoms. The van der Waals surface area contributed by atoms with Crippen LogP contribution in [0.2, 0.25) is 5.02 Å². The number of thiocarbonyl (C=S) groups is 1. The topological polar surface area (TPSA) is 61.9 Å². The zero-order valence-electron chi connectivity index (χ0n) is 16.5. The largest absolute Gasteiger partial charge is 0.417 e. The summed E-state index contributed by atoms with van der Waals surface area (Å²) >= 11 is 14.4. The molecule has 3 aromatic carbocycles. The second-order valence-electron chi connectivity index (χ2n) is 6.86. The molecular formula is C22H14BrClF3N5S. The molecule has 11 heteroatoms. The number of rotatable bonds is 4. The zero-order valence-corrected chi connectivity index (χ0v) is 19.7. The molecule has 0 aliphatic carbocycles. The standard InChI is InChI=1S/C22H14BrClF3N5S/c23-12-2-1-3-13(8-12)30-20-16-9-14(5-7-19(16)28-11-29-20)31-21(33)32-15-4-6-18(24)17(10-15)22(25,26)27/h1-11H,(H,28,29,30)(H2,31,32,33). The van der Waals surface area contributed by atoms with Gasteiger partial charge in [-0.2, -0.15) is 13.2 Å². The van der Waals surface area contributed by atoms with Gasteiger partial charge in [-0.05, 0) is 66.8 Å². The van der Waals surface area contributed by atoms with Gasteiger partial charge >= 0.3 is 6.18 Å². The summed E-state index contributed by atoms with van der Waals surface area (Å²) in [6, 6.07) is 16.5. The molecule has 0 radical (unpaired) electrons. The number of halogens is 5. The minimum Gasteiger partial charge on any atom is -0.340 e. The van der Waals surface area contributed by atoms with E-state index in [1.165, 1.54) is 18.5 Å². The summed E-state index contributed by atoms with van der Waals surface area (Å²) in [4.78, 5) is 8.60. The van der Waals surface area contributed by atoms with Crippen LogP contribution in [0.5, 0.6) is 0 Å². The van der Waals surface area contributed by atoms with Crippen molar-refractivity contribution in [2.24, 2.45) is 0 Å². The van der Waals surface area contributed by atoms with Gasteiger partial charge in [0, 0.05) is 26.9 Å². The quantitative estimate of drug-likeness (QED) is 0.226. The van der Waals surface area contributed by atoms with Gasteiger partial charge in [0.2, 0.25) is 0 Å². The highest BCUT2D eigenvalue weighted by Gasteiger charge is 2.33. The van der Waals surface area contributed by atoms with Crippen molar-refractivity contribution in [1.29, 1.82) is 0 Å². The number of nitrogens with one attached hydrogen (secondary N) is 3. The van der Waals surface area contributed by atoms with E-state index in [1.807, 2.05) is 24.3 Å². The Labute approximate surface area is 205 Å². The Hall–Kier alpha value is -2.95. The van der Waals surface area contributed by atoms with Crippen molar-refractivity contribution >= 4 is 78.6 Å². The molecule has 33 heavy (non-hydrogen) atoms. The van der Waals surface area contributed by atoms with Crippen molar-refractivity contribution < 1.29 is 13.2 Å². The number of fused-ring (bicyclic) bond motifs is 1. The van der Waals surface area contributed by atoms with Gasteiger partial charge in [0.25, 0.3) is 0 Å². The third-order valence-corrected chi connectivity index (χ3v) is 5.54. The van der Waals surface area contributed by atoms with Crippen molar-refractivity contribution in [2.75, 3.05) is 16.0 Å². The number of hydrogen-bond acceptors (Lipinski definition) is 4. The number of hydrogen-bond donors (Lipinski definition) is 3. The minimum absolute atomic E-state index is 0.114. The summed E-state index contributed by atoms with van der Waals surface area (Å²) in [5.74, 6) is 0.591. The molecule has 0 saturated heterocycles. The summed E-state index contributed by atoms with van der Waals surface area (Å²) in [6.45, 7) is 0. The van der Waals surface area contributed by atoms with Gasteiger partial charge < -0.3 is 16.0 Å². The van der Waals surface area contributed by atoms with Crippen molar-refractivity contribution in [1.82, 2.24) is 9.97 Å². The molecule has 0 unspecified atom stereocenters. The van der Waals surface area contributed by atoms with E-state index in [0.29, 0.717) is 17.0 Å². The summed E-state index contributed by atoms with van der Waals surface area (Å²) in [5, 5.41) is 9.44. The molecule has 0 atom stereocenters. The van der Waals surface area contributed by atoms with E-state index in [-0.39, 0.29) is 15.8 Å². The van der Waals surface area contributed by atoms with Crippen LogP contribution >= 0.6 is 39.7 Å². The van der Waals surface area contributed by atoms with Crippen LogP contribution < -0.4 is 16.0 Å². The van der Waals surface area contributed by atoms with E-state index in [0.717, 1.165) is 21.6 Å². The fourth-order valence-electron chi connectivity index (χ4n) is 3.05. The normalized spacial score (nSPS) is 11.3. The van der Waals surface area contributed by atoms with Gasteiger partial charge in [-0.15, -0.1) is 0 Å². The van der Waals surface area contributed by atoms with Crippen molar-refractivity contribution in [2.45, 2.75) is 6.18 Å². The van der Waals surface area contributed by atoms with Gasteiger partial charge in [0.05, 0.1) is 16.1 Å². The first-order valence-corrected chi connectivity index (χ1v) is 11.0. The molecule has 1 heterocycles. The summed E-state index contributed by atoms with van der Waals surface area (Å²) in [6.07, 6.45) is -3.11. The van der Waals surface area contributed by atoms with Crippen LogP contribution in [0.25, 0.3) is 10.9 Å². The SMILES string of the molecule is FC(F)(F)c1cc(NC(=S)Nc2ccc3ncnc(Nc4cccc(Br)c4)c3c2)ccc1Cl. The third kappa shape index (κ3) is 5.70. The number of anilines is 4. The van der Waals surface area contributed by atoms with Crippen LogP contribution in [0.3, 0.4) is 0 Å². The Morgan fingerprint density at radius 1 is 0.909 bits per heavy atom. The monoisotopic (exact) mass is 551 g/mol. The Morgan fingerprint density at radius 3 is 2.36 bits per heavy atom. The molecule has 0 aliphatic rings. The molecule has 5 nitrogen and oxygen atoms in total. The molecule has 0 fully saturated rings. The molecule has 4 aromatic rings. The number of benzene rings is 3. The zero-order chi connectivity index (χ0) is 23.6. The molecule has 0 amide bonds. The maximum atomic E-state index is 13.1. The number of nitrogens with zero attached hydrogens (tertiary/aromatic N) is 2. The van der Waals surface area contributed by atoms with Crippen LogP contribution in [-0.4, -0.2) is 15.1 Å². The van der Waals surface area contributed by atoms with Gasteiger partial charge in [-0.25, -0.2) is 9.97 Å². The minimum atomic E-state index is -4.57. The Kier molecular flexibility index (Phi) is 6.68. The highest BCUT2D eigenvalue weighted by atomic mass is 79.9. The van der Waals surface area contributed by atoms with Crippen LogP contribution in [-0.2, 0) is 6.18 Å². The second kappa shape index (κ2) is 9.50. The summed E-state index contributed by atoms with van der Waals surface area (Å²) < 4.78 is 40.2. The fraction of sp³-hybridized carbons (Fsp3) is 0.0455. The van der Waals surface area contributed by atoms with Crippen molar-refractivity contribution in [3.05, 3.63) is 82.0 Å².